The van der Waals surface area contributed by atoms with E-state index < -0.39 is 18.3 Å². The molecule has 1 aromatic carbocycles. The van der Waals surface area contributed by atoms with Gasteiger partial charge < -0.3 is 9.31 Å². The van der Waals surface area contributed by atoms with Gasteiger partial charge in [-0.2, -0.15) is 0 Å². The van der Waals surface area contributed by atoms with Crippen LogP contribution in [0.3, 0.4) is 0 Å². The molecule has 2 aromatic rings. The zero-order valence-corrected chi connectivity index (χ0v) is 13.8. The normalized spacial score (nSPS) is 20.2. The molecule has 1 aliphatic heterocycles. The van der Waals surface area contributed by atoms with Crippen LogP contribution in [0.2, 0.25) is 5.02 Å². The van der Waals surface area contributed by atoms with Crippen LogP contribution in [0, 0.1) is 6.92 Å². The summed E-state index contributed by atoms with van der Waals surface area (Å²) in [5.74, 6) is 0. The number of rotatable bonds is 1. The van der Waals surface area contributed by atoms with Gasteiger partial charge in [0.15, 0.2) is 0 Å². The van der Waals surface area contributed by atoms with Crippen molar-refractivity contribution in [2.45, 2.75) is 45.8 Å². The highest BCUT2D eigenvalue weighted by Crippen LogP contribution is 2.37. The molecule has 0 unspecified atom stereocenters. The number of fused-ring (bicyclic) bond motifs is 1. The molecule has 1 aromatic heterocycles. The van der Waals surface area contributed by atoms with Crippen LogP contribution in [0.1, 0.15) is 33.4 Å². The third kappa shape index (κ3) is 2.35. The highest BCUT2D eigenvalue weighted by Gasteiger charge is 2.52. The lowest BCUT2D eigenvalue weighted by Crippen LogP contribution is -2.41. The summed E-state index contributed by atoms with van der Waals surface area (Å²) in [5.41, 5.74) is 1.82. The number of nitrogens with zero attached hydrogens (tertiary/aromatic N) is 1. The van der Waals surface area contributed by atoms with E-state index in [1.54, 1.807) is 0 Å². The Labute approximate surface area is 130 Å². The fraction of sp³-hybridized carbons (Fsp3) is 0.438. The standard InChI is InChI=1S/C16H19BClNO2/c1-10-6-7-11-8-9-12(18)13(14(11)19-10)17-20-15(2,3)16(4,5)21-17/h6-9H,1-5H3. The summed E-state index contributed by atoms with van der Waals surface area (Å²) < 4.78 is 12.3. The summed E-state index contributed by atoms with van der Waals surface area (Å²) >= 11 is 6.42. The molecule has 0 saturated carbocycles. The van der Waals surface area contributed by atoms with E-state index >= 15 is 0 Å². The van der Waals surface area contributed by atoms with Gasteiger partial charge in [-0.25, -0.2) is 0 Å². The van der Waals surface area contributed by atoms with Crippen molar-refractivity contribution in [3.05, 3.63) is 35.0 Å². The predicted octanol–water partition coefficient (Wildman–Crippen LogP) is 3.50. The molecule has 110 valence electrons. The van der Waals surface area contributed by atoms with Crippen molar-refractivity contribution in [1.82, 2.24) is 4.98 Å². The summed E-state index contributed by atoms with van der Waals surface area (Å²) in [6.07, 6.45) is 0. The van der Waals surface area contributed by atoms with E-state index in [2.05, 4.69) is 4.98 Å². The first-order valence-electron chi connectivity index (χ1n) is 7.13. The van der Waals surface area contributed by atoms with Crippen LogP contribution in [0.15, 0.2) is 24.3 Å². The molecule has 21 heavy (non-hydrogen) atoms. The van der Waals surface area contributed by atoms with Gasteiger partial charge in [-0.3, -0.25) is 4.98 Å². The van der Waals surface area contributed by atoms with Gasteiger partial charge in [-0.05, 0) is 52.1 Å². The first kappa shape index (κ1) is 14.8. The first-order chi connectivity index (χ1) is 9.71. The van der Waals surface area contributed by atoms with Crippen molar-refractivity contribution in [2.24, 2.45) is 0 Å². The molecule has 0 spiro atoms. The Morgan fingerprint density at radius 2 is 1.57 bits per heavy atom. The molecule has 3 nitrogen and oxygen atoms in total. The Morgan fingerprint density at radius 1 is 1.00 bits per heavy atom. The highest BCUT2D eigenvalue weighted by atomic mass is 35.5. The van der Waals surface area contributed by atoms with Crippen molar-refractivity contribution < 1.29 is 9.31 Å². The average molecular weight is 304 g/mol. The molecular weight excluding hydrogens is 284 g/mol. The zero-order valence-electron chi connectivity index (χ0n) is 13.0. The van der Waals surface area contributed by atoms with Gasteiger partial charge >= 0.3 is 7.12 Å². The SMILES string of the molecule is Cc1ccc2ccc(Cl)c(B3OC(C)(C)C(C)(C)O3)c2n1. The maximum Gasteiger partial charge on any atom is 0.498 e. The van der Waals surface area contributed by atoms with E-state index in [0.717, 1.165) is 22.1 Å². The lowest BCUT2D eigenvalue weighted by atomic mass is 9.77. The number of benzene rings is 1. The fourth-order valence-electron chi connectivity index (χ4n) is 2.47. The minimum absolute atomic E-state index is 0.396. The minimum Gasteiger partial charge on any atom is -0.399 e. The number of hydrogen-bond donors (Lipinski definition) is 0. The molecule has 0 aliphatic carbocycles. The average Bonchev–Trinajstić information content (AvgIpc) is 2.57. The molecule has 0 bridgehead atoms. The summed E-state index contributed by atoms with van der Waals surface area (Å²) in [4.78, 5) is 4.63. The Hall–Kier alpha value is -1.10. The van der Waals surface area contributed by atoms with Crippen LogP contribution in [-0.4, -0.2) is 23.3 Å². The number of halogens is 1. The van der Waals surface area contributed by atoms with Crippen molar-refractivity contribution in [3.63, 3.8) is 0 Å². The Kier molecular flexibility index (Phi) is 3.32. The molecule has 1 saturated heterocycles. The van der Waals surface area contributed by atoms with Gasteiger partial charge in [0.05, 0.1) is 16.7 Å². The second-order valence-corrected chi connectivity index (χ2v) is 6.98. The molecular formula is C16H19BClNO2. The topological polar surface area (TPSA) is 31.4 Å². The molecule has 0 amide bonds. The minimum atomic E-state index is -0.500. The maximum absolute atomic E-state index is 6.42. The first-order valence-corrected chi connectivity index (χ1v) is 7.50. The van der Waals surface area contributed by atoms with E-state index in [4.69, 9.17) is 20.9 Å². The van der Waals surface area contributed by atoms with Crippen LogP contribution in [-0.2, 0) is 9.31 Å². The van der Waals surface area contributed by atoms with Gasteiger partial charge in [0.1, 0.15) is 0 Å². The van der Waals surface area contributed by atoms with Crippen LogP contribution >= 0.6 is 11.6 Å². The van der Waals surface area contributed by atoms with Gasteiger partial charge in [-0.15, -0.1) is 0 Å². The smallest absolute Gasteiger partial charge is 0.399 e. The third-order valence-electron chi connectivity index (χ3n) is 4.48. The monoisotopic (exact) mass is 303 g/mol. The quantitative estimate of drug-likeness (QED) is 0.756. The van der Waals surface area contributed by atoms with Crippen molar-refractivity contribution in [1.29, 1.82) is 0 Å². The molecule has 0 atom stereocenters. The molecule has 1 fully saturated rings. The van der Waals surface area contributed by atoms with E-state index in [9.17, 15) is 0 Å². The molecule has 5 heteroatoms. The Bertz CT molecular complexity index is 693. The molecule has 0 radical (unpaired) electrons. The van der Waals surface area contributed by atoms with Crippen LogP contribution in [0.4, 0.5) is 0 Å². The van der Waals surface area contributed by atoms with Crippen molar-refractivity contribution in [2.75, 3.05) is 0 Å². The number of aryl methyl sites for hydroxylation is 1. The number of aromatic nitrogens is 1. The lowest BCUT2D eigenvalue weighted by Gasteiger charge is -2.32. The van der Waals surface area contributed by atoms with Crippen LogP contribution in [0.25, 0.3) is 10.9 Å². The summed E-state index contributed by atoms with van der Waals surface area (Å²) in [5, 5.41) is 1.66. The van der Waals surface area contributed by atoms with E-state index in [1.165, 1.54) is 0 Å². The van der Waals surface area contributed by atoms with Crippen molar-refractivity contribution >= 4 is 35.1 Å². The maximum atomic E-state index is 6.42. The molecule has 0 N–H and O–H groups in total. The lowest BCUT2D eigenvalue weighted by molar-refractivity contribution is 0.00578. The second-order valence-electron chi connectivity index (χ2n) is 6.57. The van der Waals surface area contributed by atoms with Gasteiger partial charge in [0, 0.05) is 16.2 Å². The van der Waals surface area contributed by atoms with Gasteiger partial charge in [0.2, 0.25) is 0 Å². The largest absolute Gasteiger partial charge is 0.498 e. The Morgan fingerprint density at radius 3 is 2.19 bits per heavy atom. The van der Waals surface area contributed by atoms with Gasteiger partial charge in [-0.1, -0.05) is 23.7 Å². The van der Waals surface area contributed by atoms with E-state index in [0.29, 0.717) is 5.02 Å². The summed E-state index contributed by atoms with van der Waals surface area (Å²) in [6.45, 7) is 10.1. The van der Waals surface area contributed by atoms with E-state index in [-0.39, 0.29) is 0 Å². The fourth-order valence-corrected chi connectivity index (χ4v) is 2.71. The highest BCUT2D eigenvalue weighted by molar-refractivity contribution is 6.68. The third-order valence-corrected chi connectivity index (χ3v) is 4.81. The predicted molar refractivity (Wildman–Crippen MR) is 87.2 cm³/mol. The van der Waals surface area contributed by atoms with Crippen LogP contribution in [0.5, 0.6) is 0 Å². The van der Waals surface area contributed by atoms with Crippen molar-refractivity contribution in [3.8, 4) is 0 Å². The Balaban J connectivity index is 2.17. The molecule has 3 rings (SSSR count). The number of pyridine rings is 1. The van der Waals surface area contributed by atoms with Gasteiger partial charge in [0.25, 0.3) is 0 Å². The van der Waals surface area contributed by atoms with E-state index in [1.807, 2.05) is 58.9 Å². The zero-order chi connectivity index (χ0) is 15.4. The second kappa shape index (κ2) is 4.70. The number of hydrogen-bond acceptors (Lipinski definition) is 3. The van der Waals surface area contributed by atoms with Crippen LogP contribution < -0.4 is 5.46 Å². The molecule has 2 heterocycles. The molecule has 1 aliphatic rings. The summed E-state index contributed by atoms with van der Waals surface area (Å²) in [6, 6.07) is 7.88. The summed E-state index contributed by atoms with van der Waals surface area (Å²) in [7, 11) is -0.500.